The van der Waals surface area contributed by atoms with Gasteiger partial charge >= 0.3 is 5.97 Å². The summed E-state index contributed by atoms with van der Waals surface area (Å²) in [4.78, 5) is 36.6. The second-order valence-corrected chi connectivity index (χ2v) is 8.65. The molecule has 2 aliphatic rings. The molecule has 4 rings (SSSR count). The van der Waals surface area contributed by atoms with E-state index in [4.69, 9.17) is 9.47 Å². The highest BCUT2D eigenvalue weighted by atomic mass is 79.9. The number of esters is 1. The van der Waals surface area contributed by atoms with Gasteiger partial charge in [-0.3, -0.25) is 19.7 Å². The van der Waals surface area contributed by atoms with Crippen LogP contribution in [0.5, 0.6) is 11.5 Å². The number of carbonyl (C=O) groups is 3. The Morgan fingerprint density at radius 2 is 1.94 bits per heavy atom. The van der Waals surface area contributed by atoms with Gasteiger partial charge in [0.15, 0.2) is 11.5 Å². The van der Waals surface area contributed by atoms with Crippen molar-refractivity contribution in [2.75, 3.05) is 6.61 Å². The van der Waals surface area contributed by atoms with Crippen LogP contribution in [0.2, 0.25) is 0 Å². The highest BCUT2D eigenvalue weighted by Crippen LogP contribution is 2.34. The number of hydrogen-bond acceptors (Lipinski definition) is 6. The quantitative estimate of drug-likeness (QED) is 0.247. The molecule has 1 saturated carbocycles. The van der Waals surface area contributed by atoms with Crippen LogP contribution in [-0.4, -0.2) is 24.4 Å². The van der Waals surface area contributed by atoms with Crippen LogP contribution in [-0.2, 0) is 16.1 Å². The number of imide groups is 1. The number of halogens is 1. The number of nitrogens with one attached hydrogen (secondary N) is 2. The smallest absolute Gasteiger partial charge is 0.314 e. The van der Waals surface area contributed by atoms with Crippen molar-refractivity contribution in [2.24, 2.45) is 5.92 Å². The van der Waals surface area contributed by atoms with E-state index in [0.29, 0.717) is 41.4 Å². The summed E-state index contributed by atoms with van der Waals surface area (Å²) in [5, 5.41) is 5.48. The fourth-order valence-corrected chi connectivity index (χ4v) is 3.66. The van der Waals surface area contributed by atoms with Gasteiger partial charge in [0.05, 0.1) is 18.1 Å². The number of rotatable bonds is 8. The van der Waals surface area contributed by atoms with Gasteiger partial charge < -0.3 is 14.8 Å². The third-order valence-corrected chi connectivity index (χ3v) is 5.62. The Balaban J connectivity index is 1.52. The minimum atomic E-state index is -0.463. The van der Waals surface area contributed by atoms with Crippen molar-refractivity contribution in [1.82, 2.24) is 10.6 Å². The first-order chi connectivity index (χ1) is 15.5. The van der Waals surface area contributed by atoms with Crippen molar-refractivity contribution >= 4 is 39.3 Å². The van der Waals surface area contributed by atoms with E-state index in [0.717, 1.165) is 29.3 Å². The van der Waals surface area contributed by atoms with Gasteiger partial charge in [-0.15, -0.1) is 0 Å². The molecule has 2 N–H and O–H groups in total. The van der Waals surface area contributed by atoms with Crippen LogP contribution in [0.25, 0.3) is 5.57 Å². The SMILES string of the molecule is CCCOc1ccc(CN/C=C2\C(=O)NC(=O)c3ccc(Br)cc32)cc1OC(=O)C1CC1. The molecule has 32 heavy (non-hydrogen) atoms. The summed E-state index contributed by atoms with van der Waals surface area (Å²) in [7, 11) is 0. The number of hydrogen-bond donors (Lipinski definition) is 2. The molecule has 0 unspecified atom stereocenters. The molecule has 166 valence electrons. The van der Waals surface area contributed by atoms with E-state index >= 15 is 0 Å². The van der Waals surface area contributed by atoms with Crippen LogP contribution in [0, 0.1) is 5.92 Å². The van der Waals surface area contributed by atoms with Gasteiger partial charge in [-0.25, -0.2) is 0 Å². The van der Waals surface area contributed by atoms with E-state index in [2.05, 4.69) is 26.6 Å². The maximum absolute atomic E-state index is 12.4. The first-order valence-corrected chi connectivity index (χ1v) is 11.3. The second kappa shape index (κ2) is 9.56. The van der Waals surface area contributed by atoms with Gasteiger partial charge in [0.2, 0.25) is 0 Å². The number of ether oxygens (including phenoxy) is 2. The standard InChI is InChI=1S/C24H23BrN2O5/c1-2-9-31-20-8-3-14(10-21(20)32-24(30)15-4-5-15)12-26-13-19-18-11-16(25)6-7-17(18)22(28)27-23(19)29/h3,6-8,10-11,13,15,26H,2,4-5,9,12H2,1H3,(H,27,28,29)/b19-13-. The molecular weight excluding hydrogens is 476 g/mol. The maximum atomic E-state index is 12.4. The first-order valence-electron chi connectivity index (χ1n) is 10.5. The third-order valence-electron chi connectivity index (χ3n) is 5.13. The predicted octanol–water partition coefficient (Wildman–Crippen LogP) is 3.95. The van der Waals surface area contributed by atoms with E-state index < -0.39 is 11.8 Å². The summed E-state index contributed by atoms with van der Waals surface area (Å²) in [6.07, 6.45) is 4.15. The summed E-state index contributed by atoms with van der Waals surface area (Å²) in [6, 6.07) is 10.6. The van der Waals surface area contributed by atoms with Crippen molar-refractivity contribution in [1.29, 1.82) is 0 Å². The normalized spacial score (nSPS) is 16.4. The van der Waals surface area contributed by atoms with Gasteiger partial charge in [0, 0.05) is 28.3 Å². The summed E-state index contributed by atoms with van der Waals surface area (Å²) >= 11 is 3.39. The molecule has 8 heteroatoms. The fourth-order valence-electron chi connectivity index (χ4n) is 3.30. The largest absolute Gasteiger partial charge is 0.490 e. The van der Waals surface area contributed by atoms with Gasteiger partial charge in [-0.1, -0.05) is 28.9 Å². The number of benzene rings is 2. The Bertz CT molecular complexity index is 1110. The van der Waals surface area contributed by atoms with Gasteiger partial charge in [-0.2, -0.15) is 0 Å². The molecule has 2 aromatic rings. The second-order valence-electron chi connectivity index (χ2n) is 7.74. The molecule has 2 amide bonds. The minimum absolute atomic E-state index is 0.0209. The molecule has 0 aromatic heterocycles. The monoisotopic (exact) mass is 498 g/mol. The Kier molecular flexibility index (Phi) is 6.60. The molecule has 1 heterocycles. The zero-order valence-electron chi connectivity index (χ0n) is 17.6. The molecule has 1 aliphatic heterocycles. The van der Waals surface area contributed by atoms with E-state index in [9.17, 15) is 14.4 Å². The van der Waals surface area contributed by atoms with Crippen molar-refractivity contribution in [2.45, 2.75) is 32.7 Å². The Morgan fingerprint density at radius 1 is 1.12 bits per heavy atom. The average Bonchev–Trinajstić information content (AvgIpc) is 3.61. The van der Waals surface area contributed by atoms with Crippen LogP contribution >= 0.6 is 15.9 Å². The molecule has 0 bridgehead atoms. The molecule has 1 fully saturated rings. The van der Waals surface area contributed by atoms with Gasteiger partial charge in [-0.05, 0) is 55.2 Å². The van der Waals surface area contributed by atoms with Crippen molar-refractivity contribution in [3.63, 3.8) is 0 Å². The Labute approximate surface area is 194 Å². The van der Waals surface area contributed by atoms with Gasteiger partial charge in [0.1, 0.15) is 0 Å². The predicted molar refractivity (Wildman–Crippen MR) is 122 cm³/mol. The molecule has 0 spiro atoms. The van der Waals surface area contributed by atoms with Crippen molar-refractivity contribution in [3.8, 4) is 11.5 Å². The summed E-state index contributed by atoms with van der Waals surface area (Å²) in [5.41, 5.74) is 2.21. The van der Waals surface area contributed by atoms with Gasteiger partial charge in [0.25, 0.3) is 11.8 Å². The number of carbonyl (C=O) groups excluding carboxylic acids is 3. The average molecular weight is 499 g/mol. The number of fused-ring (bicyclic) bond motifs is 1. The van der Waals surface area contributed by atoms with E-state index in [1.165, 1.54) is 0 Å². The zero-order chi connectivity index (χ0) is 22.7. The minimum Gasteiger partial charge on any atom is -0.490 e. The first kappa shape index (κ1) is 22.1. The Hall–Kier alpha value is -3.13. The molecule has 2 aromatic carbocycles. The molecule has 0 radical (unpaired) electrons. The summed E-state index contributed by atoms with van der Waals surface area (Å²) in [6.45, 7) is 2.92. The van der Waals surface area contributed by atoms with E-state index in [-0.39, 0.29) is 11.9 Å². The zero-order valence-corrected chi connectivity index (χ0v) is 19.2. The lowest BCUT2D eigenvalue weighted by Gasteiger charge is -2.18. The molecule has 0 atom stereocenters. The van der Waals surface area contributed by atoms with E-state index in [1.807, 2.05) is 13.0 Å². The van der Waals surface area contributed by atoms with Crippen LogP contribution in [0.1, 0.15) is 47.7 Å². The number of amides is 2. The molecule has 0 saturated heterocycles. The Morgan fingerprint density at radius 3 is 2.69 bits per heavy atom. The lowest BCUT2D eigenvalue weighted by atomic mass is 9.95. The summed E-state index contributed by atoms with van der Waals surface area (Å²) in [5.74, 6) is -0.198. The van der Waals surface area contributed by atoms with Crippen molar-refractivity contribution < 1.29 is 23.9 Å². The lowest BCUT2D eigenvalue weighted by Crippen LogP contribution is -2.37. The molecule has 7 nitrogen and oxygen atoms in total. The molecule has 1 aliphatic carbocycles. The fraction of sp³-hybridized carbons (Fsp3) is 0.292. The maximum Gasteiger partial charge on any atom is 0.314 e. The van der Waals surface area contributed by atoms with Crippen molar-refractivity contribution in [3.05, 3.63) is 63.8 Å². The highest BCUT2D eigenvalue weighted by molar-refractivity contribution is 9.10. The molecular formula is C24H23BrN2O5. The highest BCUT2D eigenvalue weighted by Gasteiger charge is 2.32. The van der Waals surface area contributed by atoms with E-state index in [1.54, 1.807) is 36.5 Å². The third kappa shape index (κ3) is 5.02. The van der Waals surface area contributed by atoms with Crippen LogP contribution < -0.4 is 20.1 Å². The lowest BCUT2D eigenvalue weighted by molar-refractivity contribution is -0.135. The topological polar surface area (TPSA) is 93.7 Å². The van der Waals surface area contributed by atoms with Crippen LogP contribution in [0.15, 0.2) is 47.1 Å². The van der Waals surface area contributed by atoms with Crippen LogP contribution in [0.3, 0.4) is 0 Å². The summed E-state index contributed by atoms with van der Waals surface area (Å²) < 4.78 is 12.1. The van der Waals surface area contributed by atoms with Crippen LogP contribution in [0.4, 0.5) is 0 Å².